The maximum Gasteiger partial charge on any atom is 0.343 e. The number of carbonyl (C=O) groups excluding carboxylic acids is 2. The zero-order valence-corrected chi connectivity index (χ0v) is 21.3. The first kappa shape index (κ1) is 23.8. The Morgan fingerprint density at radius 1 is 1.27 bits per heavy atom. The van der Waals surface area contributed by atoms with Gasteiger partial charge >= 0.3 is 5.97 Å². The molecular formula is C28H29N3O6. The fourth-order valence-electron chi connectivity index (χ4n) is 6.17. The van der Waals surface area contributed by atoms with Gasteiger partial charge in [-0.05, 0) is 74.4 Å². The molecular weight excluding hydrogens is 474 g/mol. The third-order valence-corrected chi connectivity index (χ3v) is 8.40. The SMILES string of the molecule is CC[C@@]1(O)C(=O)OCc2c1cc1n(c2=O)Cc2c-1nc1cc(C)c(C)c3c1c2[C@@H](NC(=O)[C@H](C)O)CC3. The predicted molar refractivity (Wildman–Crippen MR) is 135 cm³/mol. The molecule has 0 saturated heterocycles. The van der Waals surface area contributed by atoms with Crippen LogP contribution in [0.4, 0.5) is 0 Å². The molecule has 3 N–H and O–H groups in total. The molecule has 37 heavy (non-hydrogen) atoms. The Balaban J connectivity index is 1.65. The van der Waals surface area contributed by atoms with Gasteiger partial charge in [0.05, 0.1) is 35.1 Å². The number of esters is 1. The standard InChI is InChI=1S/C28H29N3O6/c1-5-28(36)18-9-21-24-16(10-31(21)26(34)17(18)11-37-27(28)35)23-19(30-25(33)14(4)32)7-6-15-13(3)12(2)8-20(29-24)22(15)23/h8-9,14,19,32,36H,5-7,10-11H2,1-4H3,(H,30,33)/t14-,19-,28-/m0/s1. The Hall–Kier alpha value is -3.56. The van der Waals surface area contributed by atoms with E-state index in [9.17, 15) is 24.6 Å². The van der Waals surface area contributed by atoms with Crippen molar-refractivity contribution in [3.8, 4) is 11.4 Å². The van der Waals surface area contributed by atoms with E-state index in [1.807, 2.05) is 13.0 Å². The van der Waals surface area contributed by atoms with Crippen LogP contribution in [0.25, 0.3) is 22.3 Å². The molecule has 0 bridgehead atoms. The molecule has 9 heteroatoms. The predicted octanol–water partition coefficient (Wildman–Crippen LogP) is 2.18. The summed E-state index contributed by atoms with van der Waals surface area (Å²) < 4.78 is 6.80. The van der Waals surface area contributed by atoms with E-state index in [0.717, 1.165) is 34.0 Å². The molecule has 2 aromatic heterocycles. The van der Waals surface area contributed by atoms with Crippen LogP contribution in [0.5, 0.6) is 0 Å². The molecule has 0 fully saturated rings. The molecule has 6 rings (SSSR count). The Morgan fingerprint density at radius 2 is 2.03 bits per heavy atom. The van der Waals surface area contributed by atoms with E-state index in [-0.39, 0.29) is 42.3 Å². The molecule has 3 atom stereocenters. The van der Waals surface area contributed by atoms with Gasteiger partial charge in [-0.25, -0.2) is 9.78 Å². The number of pyridine rings is 2. The number of rotatable bonds is 3. The van der Waals surface area contributed by atoms with Gasteiger partial charge in [0.15, 0.2) is 5.60 Å². The fraction of sp³-hybridized carbons (Fsp3) is 0.429. The monoisotopic (exact) mass is 503 g/mol. The normalized spacial score (nSPS) is 22.2. The van der Waals surface area contributed by atoms with Gasteiger partial charge in [0.2, 0.25) is 5.91 Å². The number of nitrogens with one attached hydrogen (secondary N) is 1. The summed E-state index contributed by atoms with van der Waals surface area (Å²) in [5.41, 5.74) is 5.44. The number of cyclic esters (lactones) is 1. The quantitative estimate of drug-likeness (QED) is 0.365. The summed E-state index contributed by atoms with van der Waals surface area (Å²) in [5.74, 6) is -1.22. The largest absolute Gasteiger partial charge is 0.458 e. The summed E-state index contributed by atoms with van der Waals surface area (Å²) in [4.78, 5) is 43.7. The molecule has 0 radical (unpaired) electrons. The zero-order valence-electron chi connectivity index (χ0n) is 21.3. The molecule has 3 aliphatic rings. The summed E-state index contributed by atoms with van der Waals surface area (Å²) in [7, 11) is 0. The summed E-state index contributed by atoms with van der Waals surface area (Å²) in [6, 6.07) is 3.37. The summed E-state index contributed by atoms with van der Waals surface area (Å²) >= 11 is 0. The first-order chi connectivity index (χ1) is 17.6. The van der Waals surface area contributed by atoms with Gasteiger partial charge in [0.1, 0.15) is 12.7 Å². The third-order valence-electron chi connectivity index (χ3n) is 8.40. The smallest absolute Gasteiger partial charge is 0.343 e. The van der Waals surface area contributed by atoms with E-state index in [2.05, 4.69) is 12.2 Å². The molecule has 1 aliphatic carbocycles. The Kier molecular flexibility index (Phi) is 5.13. The van der Waals surface area contributed by atoms with Crippen molar-refractivity contribution in [1.29, 1.82) is 0 Å². The Morgan fingerprint density at radius 3 is 2.73 bits per heavy atom. The highest BCUT2D eigenvalue weighted by atomic mass is 16.6. The average Bonchev–Trinajstić information content (AvgIpc) is 3.24. The molecule has 3 aromatic rings. The topological polar surface area (TPSA) is 131 Å². The molecule has 192 valence electrons. The maximum atomic E-state index is 13.6. The molecule has 1 amide bonds. The van der Waals surface area contributed by atoms with Crippen LogP contribution in [0.1, 0.15) is 71.7 Å². The van der Waals surface area contributed by atoms with Crippen molar-refractivity contribution in [3.05, 3.63) is 61.4 Å². The van der Waals surface area contributed by atoms with Crippen LogP contribution >= 0.6 is 0 Å². The Bertz CT molecular complexity index is 1600. The van der Waals surface area contributed by atoms with Crippen LogP contribution < -0.4 is 10.9 Å². The Labute approximate surface area is 213 Å². The number of aliphatic hydroxyl groups is 2. The summed E-state index contributed by atoms with van der Waals surface area (Å²) in [6.07, 6.45) is 0.329. The minimum absolute atomic E-state index is 0.0697. The third kappa shape index (κ3) is 3.17. The lowest BCUT2D eigenvalue weighted by atomic mass is 9.80. The van der Waals surface area contributed by atoms with E-state index >= 15 is 0 Å². The van der Waals surface area contributed by atoms with E-state index in [1.165, 1.54) is 18.1 Å². The van der Waals surface area contributed by atoms with Gasteiger partial charge in [-0.15, -0.1) is 0 Å². The lowest BCUT2D eigenvalue weighted by Crippen LogP contribution is -2.44. The molecule has 0 unspecified atom stereocenters. The van der Waals surface area contributed by atoms with Gasteiger partial charge in [-0.2, -0.15) is 0 Å². The molecule has 0 spiro atoms. The number of hydrogen-bond acceptors (Lipinski definition) is 7. The van der Waals surface area contributed by atoms with Crippen LogP contribution in [0, 0.1) is 13.8 Å². The minimum atomic E-state index is -1.90. The van der Waals surface area contributed by atoms with E-state index in [1.54, 1.807) is 17.6 Å². The fourth-order valence-corrected chi connectivity index (χ4v) is 6.17. The van der Waals surface area contributed by atoms with Crippen LogP contribution in [0.15, 0.2) is 16.9 Å². The van der Waals surface area contributed by atoms with Gasteiger partial charge < -0.3 is 24.8 Å². The van der Waals surface area contributed by atoms with Crippen molar-refractivity contribution < 1.29 is 24.5 Å². The van der Waals surface area contributed by atoms with E-state index in [0.29, 0.717) is 17.8 Å². The van der Waals surface area contributed by atoms with Crippen LogP contribution in [0.3, 0.4) is 0 Å². The minimum Gasteiger partial charge on any atom is -0.458 e. The first-order valence-corrected chi connectivity index (χ1v) is 12.7. The number of benzene rings is 1. The maximum absolute atomic E-state index is 13.6. The lowest BCUT2D eigenvalue weighted by molar-refractivity contribution is -0.172. The van der Waals surface area contributed by atoms with Crippen molar-refractivity contribution in [2.24, 2.45) is 0 Å². The number of aliphatic hydroxyl groups excluding tert-OH is 1. The highest BCUT2D eigenvalue weighted by Crippen LogP contribution is 2.46. The summed E-state index contributed by atoms with van der Waals surface area (Å²) in [6.45, 7) is 7.30. The number of aryl methyl sites for hydroxylation is 2. The molecule has 0 saturated carbocycles. The van der Waals surface area contributed by atoms with Crippen LogP contribution in [0.2, 0.25) is 0 Å². The van der Waals surface area contributed by atoms with Gasteiger partial charge in [-0.1, -0.05) is 6.92 Å². The van der Waals surface area contributed by atoms with E-state index in [4.69, 9.17) is 9.72 Å². The second-order valence-electron chi connectivity index (χ2n) is 10.4. The summed E-state index contributed by atoms with van der Waals surface area (Å²) in [5, 5.41) is 25.0. The lowest BCUT2D eigenvalue weighted by Gasteiger charge is -2.31. The average molecular weight is 504 g/mol. The van der Waals surface area contributed by atoms with Crippen molar-refractivity contribution in [2.75, 3.05) is 0 Å². The first-order valence-electron chi connectivity index (χ1n) is 12.7. The number of ether oxygens (including phenoxy) is 1. The molecule has 1 aromatic carbocycles. The molecule has 9 nitrogen and oxygen atoms in total. The van der Waals surface area contributed by atoms with Crippen molar-refractivity contribution in [3.63, 3.8) is 0 Å². The number of fused-ring (bicyclic) bond motifs is 5. The second kappa shape index (κ2) is 7.97. The number of carbonyl (C=O) groups is 2. The zero-order chi connectivity index (χ0) is 26.4. The van der Waals surface area contributed by atoms with E-state index < -0.39 is 23.6 Å². The number of nitrogens with zero attached hydrogens (tertiary/aromatic N) is 2. The highest BCUT2D eigenvalue weighted by molar-refractivity contribution is 5.94. The van der Waals surface area contributed by atoms with Crippen molar-refractivity contribution in [2.45, 2.75) is 77.9 Å². The van der Waals surface area contributed by atoms with Gasteiger partial charge in [-0.3, -0.25) is 9.59 Å². The molecule has 2 aliphatic heterocycles. The van der Waals surface area contributed by atoms with Crippen molar-refractivity contribution in [1.82, 2.24) is 14.9 Å². The van der Waals surface area contributed by atoms with Crippen molar-refractivity contribution >= 4 is 22.8 Å². The number of hydrogen-bond donors (Lipinski definition) is 3. The number of amides is 1. The number of aromatic nitrogens is 2. The van der Waals surface area contributed by atoms with Crippen LogP contribution in [-0.4, -0.2) is 37.7 Å². The van der Waals surface area contributed by atoms with Gasteiger partial charge in [0, 0.05) is 16.5 Å². The van der Waals surface area contributed by atoms with Gasteiger partial charge in [0.25, 0.3) is 5.56 Å². The van der Waals surface area contributed by atoms with Crippen LogP contribution in [-0.2, 0) is 39.5 Å². The molecule has 4 heterocycles. The second-order valence-corrected chi connectivity index (χ2v) is 10.4. The highest BCUT2D eigenvalue weighted by Gasteiger charge is 2.46.